The molecule has 1 aromatic heterocycles. The summed E-state index contributed by atoms with van der Waals surface area (Å²) in [7, 11) is 0. The summed E-state index contributed by atoms with van der Waals surface area (Å²) < 4.78 is 73.9. The molecule has 1 unspecified atom stereocenters. The summed E-state index contributed by atoms with van der Waals surface area (Å²) in [5.74, 6) is -5.20. The van der Waals surface area contributed by atoms with E-state index in [1.54, 1.807) is 0 Å². The van der Waals surface area contributed by atoms with Gasteiger partial charge in [-0.05, 0) is 49.9 Å². The molecule has 3 aromatic rings. The third-order valence-corrected chi connectivity index (χ3v) is 6.88. The first-order valence-corrected chi connectivity index (χ1v) is 11.6. The summed E-state index contributed by atoms with van der Waals surface area (Å²) in [5.41, 5.74) is -1.73. The molecular weight excluding hydrogens is 531 g/mol. The molecule has 0 bridgehead atoms. The van der Waals surface area contributed by atoms with Gasteiger partial charge in [0.2, 0.25) is 0 Å². The van der Waals surface area contributed by atoms with E-state index in [-0.39, 0.29) is 27.2 Å². The van der Waals surface area contributed by atoms with E-state index >= 15 is 4.39 Å². The van der Waals surface area contributed by atoms with E-state index in [0.717, 1.165) is 36.3 Å². The Morgan fingerprint density at radius 1 is 1.22 bits per heavy atom. The molecule has 0 spiro atoms. The van der Waals surface area contributed by atoms with Crippen LogP contribution in [0.5, 0.6) is 5.75 Å². The number of carbonyl (C=O) groups excluding carboxylic acids is 1. The van der Waals surface area contributed by atoms with Crippen molar-refractivity contribution in [1.82, 2.24) is 4.98 Å². The van der Waals surface area contributed by atoms with Gasteiger partial charge in [-0.15, -0.1) is 11.3 Å². The number of aromatic carboxylic acids is 1. The molecule has 1 amide bonds. The number of para-hydroxylation sites is 1. The smallest absolute Gasteiger partial charge is 0.425 e. The molecule has 1 aliphatic carbocycles. The van der Waals surface area contributed by atoms with Crippen LogP contribution in [0.15, 0.2) is 30.3 Å². The van der Waals surface area contributed by atoms with Crippen LogP contribution in [0.4, 0.5) is 27.6 Å². The zero-order valence-electron chi connectivity index (χ0n) is 18.3. The van der Waals surface area contributed by atoms with Gasteiger partial charge in [0.1, 0.15) is 22.4 Å². The fraction of sp³-hybridized carbons (Fsp3) is 0.261. The molecular formula is C23H16ClF5N2O4S. The van der Waals surface area contributed by atoms with Crippen molar-refractivity contribution in [3.05, 3.63) is 63.1 Å². The van der Waals surface area contributed by atoms with Crippen molar-refractivity contribution in [3.63, 3.8) is 0 Å². The maximum Gasteiger partial charge on any atom is 0.425 e. The highest BCUT2D eigenvalue weighted by molar-refractivity contribution is 7.15. The Morgan fingerprint density at radius 2 is 1.92 bits per heavy atom. The van der Waals surface area contributed by atoms with Crippen LogP contribution in [0.3, 0.4) is 0 Å². The number of thiazole rings is 1. The fourth-order valence-corrected chi connectivity index (χ4v) is 4.72. The molecule has 36 heavy (non-hydrogen) atoms. The zero-order valence-corrected chi connectivity index (χ0v) is 19.8. The van der Waals surface area contributed by atoms with E-state index in [4.69, 9.17) is 16.3 Å². The number of aromatic nitrogens is 1. The number of carboxylic acid groups (broad SMARTS) is 1. The summed E-state index contributed by atoms with van der Waals surface area (Å²) in [6.07, 6.45) is -5.75. The molecule has 1 atom stereocenters. The van der Waals surface area contributed by atoms with Gasteiger partial charge in [0.15, 0.2) is 11.8 Å². The summed E-state index contributed by atoms with van der Waals surface area (Å²) >= 11 is 6.79. The quantitative estimate of drug-likeness (QED) is 0.315. The second kappa shape index (κ2) is 9.66. The normalized spacial score (nSPS) is 14.4. The number of alkyl halides is 3. The number of hydrogen-bond donors (Lipinski definition) is 2. The third kappa shape index (κ3) is 5.29. The molecule has 1 heterocycles. The summed E-state index contributed by atoms with van der Waals surface area (Å²) in [6, 6.07) is 5.00. The Bertz CT molecular complexity index is 1340. The van der Waals surface area contributed by atoms with E-state index in [0.29, 0.717) is 17.9 Å². The Hall–Kier alpha value is -3.25. The molecule has 190 valence electrons. The Balaban J connectivity index is 1.79. The van der Waals surface area contributed by atoms with Gasteiger partial charge in [-0.3, -0.25) is 4.79 Å². The number of nitrogens with zero attached hydrogens (tertiary/aromatic N) is 1. The SMILES string of the molecule is CC(Oc1cc(-c2nc(C(=O)O)c(C3CC3)s2)c(F)cc1C(=O)Nc1c(F)cccc1Cl)C(F)(F)F. The number of benzene rings is 2. The first kappa shape index (κ1) is 25.8. The number of ether oxygens (including phenoxy) is 1. The van der Waals surface area contributed by atoms with Gasteiger partial charge in [0.25, 0.3) is 5.91 Å². The molecule has 2 N–H and O–H groups in total. The average Bonchev–Trinajstić information content (AvgIpc) is 3.54. The highest BCUT2D eigenvalue weighted by atomic mass is 35.5. The van der Waals surface area contributed by atoms with Crippen LogP contribution in [0.1, 0.15) is 51.4 Å². The van der Waals surface area contributed by atoms with E-state index in [9.17, 15) is 32.3 Å². The van der Waals surface area contributed by atoms with E-state index in [2.05, 4.69) is 10.3 Å². The van der Waals surface area contributed by atoms with Gasteiger partial charge < -0.3 is 15.2 Å². The number of hydrogen-bond acceptors (Lipinski definition) is 5. The van der Waals surface area contributed by atoms with Gasteiger partial charge in [0, 0.05) is 10.4 Å². The van der Waals surface area contributed by atoms with Gasteiger partial charge in [-0.2, -0.15) is 13.2 Å². The van der Waals surface area contributed by atoms with Crippen molar-refractivity contribution in [2.45, 2.75) is 38.0 Å². The second-order valence-electron chi connectivity index (χ2n) is 7.99. The van der Waals surface area contributed by atoms with E-state index in [1.807, 2.05) is 0 Å². The van der Waals surface area contributed by atoms with E-state index < -0.39 is 52.8 Å². The monoisotopic (exact) mass is 546 g/mol. The number of anilines is 1. The van der Waals surface area contributed by atoms with Crippen molar-refractivity contribution in [2.75, 3.05) is 5.32 Å². The summed E-state index contributed by atoms with van der Waals surface area (Å²) in [4.78, 5) is 28.8. The number of nitrogens with one attached hydrogen (secondary N) is 1. The Kier molecular flexibility index (Phi) is 6.93. The summed E-state index contributed by atoms with van der Waals surface area (Å²) in [5, 5.41) is 11.3. The number of amides is 1. The van der Waals surface area contributed by atoms with Gasteiger partial charge in [-0.25, -0.2) is 18.6 Å². The third-order valence-electron chi connectivity index (χ3n) is 5.31. The number of rotatable bonds is 7. The molecule has 0 saturated heterocycles. The first-order valence-electron chi connectivity index (χ1n) is 10.4. The fourth-order valence-electron chi connectivity index (χ4n) is 3.27. The van der Waals surface area contributed by atoms with Crippen molar-refractivity contribution >= 4 is 40.5 Å². The zero-order chi connectivity index (χ0) is 26.4. The summed E-state index contributed by atoms with van der Waals surface area (Å²) in [6.45, 7) is 0.690. The van der Waals surface area contributed by atoms with Crippen molar-refractivity contribution in [2.24, 2.45) is 0 Å². The van der Waals surface area contributed by atoms with Crippen LogP contribution < -0.4 is 10.1 Å². The van der Waals surface area contributed by atoms with Crippen LogP contribution in [0, 0.1) is 11.6 Å². The highest BCUT2D eigenvalue weighted by Gasteiger charge is 2.39. The number of carbonyl (C=O) groups is 2. The Morgan fingerprint density at radius 3 is 2.50 bits per heavy atom. The lowest BCUT2D eigenvalue weighted by atomic mass is 10.1. The lowest BCUT2D eigenvalue weighted by molar-refractivity contribution is -0.189. The number of halogens is 6. The molecule has 0 radical (unpaired) electrons. The van der Waals surface area contributed by atoms with Crippen LogP contribution in [0.25, 0.3) is 10.6 Å². The number of carboxylic acids is 1. The lowest BCUT2D eigenvalue weighted by Crippen LogP contribution is -2.32. The molecule has 2 aromatic carbocycles. The molecule has 1 aliphatic rings. The standard InChI is InChI=1S/C23H16ClF5N2O4S/c1-9(23(27,28)29)35-16-8-11(21-31-18(22(33)34)19(36-21)10-5-6-10)15(26)7-12(16)20(32)30-17-13(24)3-2-4-14(17)25/h2-4,7-10H,5-6H2,1H3,(H,30,32)(H,33,34). The predicted molar refractivity (Wildman–Crippen MR) is 122 cm³/mol. The van der Waals surface area contributed by atoms with Crippen LogP contribution in [-0.4, -0.2) is 34.2 Å². The minimum atomic E-state index is -4.83. The van der Waals surface area contributed by atoms with E-state index in [1.165, 1.54) is 12.1 Å². The maximum atomic E-state index is 15.2. The lowest BCUT2D eigenvalue weighted by Gasteiger charge is -2.20. The highest BCUT2D eigenvalue weighted by Crippen LogP contribution is 2.47. The van der Waals surface area contributed by atoms with Crippen molar-refractivity contribution < 1.29 is 41.4 Å². The predicted octanol–water partition coefficient (Wildman–Crippen LogP) is 6.90. The van der Waals surface area contributed by atoms with Gasteiger partial charge >= 0.3 is 12.1 Å². The topological polar surface area (TPSA) is 88.5 Å². The molecule has 1 saturated carbocycles. The van der Waals surface area contributed by atoms with Crippen LogP contribution >= 0.6 is 22.9 Å². The Labute approximate surface area is 209 Å². The van der Waals surface area contributed by atoms with Gasteiger partial charge in [-0.1, -0.05) is 17.7 Å². The molecule has 13 heteroatoms. The van der Waals surface area contributed by atoms with Crippen molar-refractivity contribution in [1.29, 1.82) is 0 Å². The molecule has 6 nitrogen and oxygen atoms in total. The van der Waals surface area contributed by atoms with Crippen molar-refractivity contribution in [3.8, 4) is 16.3 Å². The molecule has 4 rings (SSSR count). The minimum Gasteiger partial charge on any atom is -0.480 e. The second-order valence-corrected chi connectivity index (χ2v) is 9.43. The minimum absolute atomic E-state index is 0.0399. The average molecular weight is 547 g/mol. The largest absolute Gasteiger partial charge is 0.480 e. The molecule has 0 aliphatic heterocycles. The molecule has 1 fully saturated rings. The maximum absolute atomic E-state index is 15.2. The van der Waals surface area contributed by atoms with Gasteiger partial charge in [0.05, 0.1) is 16.3 Å². The first-order chi connectivity index (χ1) is 16.9. The van der Waals surface area contributed by atoms with Crippen LogP contribution in [-0.2, 0) is 0 Å². The van der Waals surface area contributed by atoms with Crippen LogP contribution in [0.2, 0.25) is 5.02 Å².